The zero-order chi connectivity index (χ0) is 16.1. The van der Waals surface area contributed by atoms with Gasteiger partial charge in [-0.2, -0.15) is 0 Å². The van der Waals surface area contributed by atoms with Crippen molar-refractivity contribution in [3.8, 4) is 5.75 Å². The third kappa shape index (κ3) is 4.34. The fourth-order valence-electron chi connectivity index (χ4n) is 2.98. The zero-order valence-corrected chi connectivity index (χ0v) is 14.0. The summed E-state index contributed by atoms with van der Waals surface area (Å²) in [5.41, 5.74) is 1.37. The number of hydrogen-bond donors (Lipinski definition) is 1. The summed E-state index contributed by atoms with van der Waals surface area (Å²) < 4.78 is 7.65. The summed E-state index contributed by atoms with van der Waals surface area (Å²) in [5.74, 6) is -0.0951. The Labute approximate surface area is 132 Å². The molecule has 5 heteroatoms. The molecular weight excluding hydrogens is 280 g/mol. The highest BCUT2D eigenvalue weighted by Gasteiger charge is 2.18. The van der Waals surface area contributed by atoms with E-state index in [9.17, 15) is 9.90 Å². The maximum Gasteiger partial charge on any atom is 0.223 e. The van der Waals surface area contributed by atoms with Gasteiger partial charge in [0.1, 0.15) is 0 Å². The second-order valence-electron chi connectivity index (χ2n) is 6.35. The summed E-state index contributed by atoms with van der Waals surface area (Å²) in [6.45, 7) is 10.1. The molecule has 0 aliphatic carbocycles. The average molecular weight is 308 g/mol. The van der Waals surface area contributed by atoms with Crippen molar-refractivity contribution in [3.05, 3.63) is 27.7 Å². The smallest absolute Gasteiger partial charge is 0.223 e. The first kappa shape index (κ1) is 17.0. The Morgan fingerprint density at radius 1 is 1.32 bits per heavy atom. The van der Waals surface area contributed by atoms with Crippen LogP contribution in [-0.2, 0) is 17.8 Å². The van der Waals surface area contributed by atoms with Crippen LogP contribution in [-0.4, -0.2) is 40.4 Å². The van der Waals surface area contributed by atoms with Crippen LogP contribution in [0.25, 0.3) is 0 Å². The molecule has 0 saturated carbocycles. The van der Waals surface area contributed by atoms with E-state index in [1.165, 1.54) is 18.9 Å². The highest BCUT2D eigenvalue weighted by molar-refractivity contribution is 5.29. The maximum atomic E-state index is 11.9. The average Bonchev–Trinajstić information content (AvgIpc) is 2.96. The van der Waals surface area contributed by atoms with Crippen LogP contribution >= 0.6 is 0 Å². The van der Waals surface area contributed by atoms with Gasteiger partial charge in [-0.25, -0.2) is 0 Å². The molecule has 0 spiro atoms. The van der Waals surface area contributed by atoms with Crippen molar-refractivity contribution in [1.82, 2.24) is 9.47 Å². The molecule has 1 aromatic rings. The van der Waals surface area contributed by atoms with Crippen LogP contribution in [0.1, 0.15) is 44.5 Å². The Balaban J connectivity index is 2.14. The molecule has 2 rings (SSSR count). The van der Waals surface area contributed by atoms with E-state index in [2.05, 4.69) is 9.47 Å². The maximum absolute atomic E-state index is 11.9. The number of ether oxygens (including phenoxy) is 1. The minimum absolute atomic E-state index is 0.0951. The summed E-state index contributed by atoms with van der Waals surface area (Å²) in [6, 6.07) is 1.52. The second-order valence-corrected chi connectivity index (χ2v) is 6.35. The van der Waals surface area contributed by atoms with Crippen LogP contribution in [0, 0.1) is 6.92 Å². The molecule has 0 bridgehead atoms. The highest BCUT2D eigenvalue weighted by Crippen LogP contribution is 2.20. The lowest BCUT2D eigenvalue weighted by Gasteiger charge is -2.22. The van der Waals surface area contributed by atoms with Crippen LogP contribution in [0.5, 0.6) is 5.75 Å². The second kappa shape index (κ2) is 7.79. The number of likely N-dealkylation sites (tertiary alicyclic amines) is 1. The van der Waals surface area contributed by atoms with Gasteiger partial charge in [-0.3, -0.25) is 9.69 Å². The Morgan fingerprint density at radius 2 is 2.00 bits per heavy atom. The van der Waals surface area contributed by atoms with Crippen molar-refractivity contribution in [3.63, 3.8) is 0 Å². The molecule has 1 aliphatic heterocycles. The molecule has 0 aromatic carbocycles. The van der Waals surface area contributed by atoms with Gasteiger partial charge in [0, 0.05) is 31.5 Å². The number of hydrogen-bond acceptors (Lipinski definition) is 4. The van der Waals surface area contributed by atoms with Gasteiger partial charge >= 0.3 is 0 Å². The zero-order valence-electron chi connectivity index (χ0n) is 14.0. The number of rotatable bonds is 7. The number of pyridine rings is 1. The van der Waals surface area contributed by atoms with E-state index in [1.54, 1.807) is 0 Å². The highest BCUT2D eigenvalue weighted by atomic mass is 16.5. The first-order valence-corrected chi connectivity index (χ1v) is 8.25. The molecule has 1 aliphatic rings. The van der Waals surface area contributed by atoms with Crippen molar-refractivity contribution in [2.45, 2.75) is 59.2 Å². The number of aromatic hydroxyl groups is 1. The van der Waals surface area contributed by atoms with Crippen molar-refractivity contribution in [2.75, 3.05) is 19.7 Å². The lowest BCUT2D eigenvalue weighted by atomic mass is 10.2. The Hall–Kier alpha value is -1.33. The van der Waals surface area contributed by atoms with E-state index in [1.807, 2.05) is 20.8 Å². The number of aromatic nitrogens is 1. The van der Waals surface area contributed by atoms with E-state index in [-0.39, 0.29) is 17.3 Å². The molecular formula is C17H28N2O3. The summed E-state index contributed by atoms with van der Waals surface area (Å²) in [5, 5.41) is 10.2. The molecule has 1 aromatic heterocycles. The lowest BCUT2D eigenvalue weighted by molar-refractivity contribution is 0.0745. The topological polar surface area (TPSA) is 54.7 Å². The summed E-state index contributed by atoms with van der Waals surface area (Å²) in [4.78, 5) is 14.2. The van der Waals surface area contributed by atoms with Crippen LogP contribution < -0.4 is 5.43 Å². The Morgan fingerprint density at radius 3 is 2.64 bits per heavy atom. The van der Waals surface area contributed by atoms with Crippen LogP contribution in [0.15, 0.2) is 10.9 Å². The normalized spacial score (nSPS) is 15.8. The van der Waals surface area contributed by atoms with Crippen LogP contribution in [0.2, 0.25) is 0 Å². The van der Waals surface area contributed by atoms with E-state index < -0.39 is 0 Å². The van der Waals surface area contributed by atoms with Crippen LogP contribution in [0.4, 0.5) is 0 Å². The Kier molecular flexibility index (Phi) is 6.03. The predicted octanol–water partition coefficient (Wildman–Crippen LogP) is 2.27. The van der Waals surface area contributed by atoms with Crippen molar-refractivity contribution in [2.24, 2.45) is 0 Å². The van der Waals surface area contributed by atoms with E-state index >= 15 is 0 Å². The molecule has 5 nitrogen and oxygen atoms in total. The number of nitrogens with zero attached hydrogens (tertiary/aromatic N) is 2. The number of aryl methyl sites for hydroxylation is 1. The monoisotopic (exact) mass is 308 g/mol. The molecule has 0 radical (unpaired) electrons. The first-order chi connectivity index (χ1) is 10.5. The molecule has 124 valence electrons. The largest absolute Gasteiger partial charge is 0.503 e. The summed E-state index contributed by atoms with van der Waals surface area (Å²) in [6.07, 6.45) is 3.49. The van der Waals surface area contributed by atoms with Gasteiger partial charge in [0.2, 0.25) is 5.43 Å². The van der Waals surface area contributed by atoms with Gasteiger partial charge in [-0.15, -0.1) is 0 Å². The third-order valence-corrected chi connectivity index (χ3v) is 4.15. The first-order valence-electron chi connectivity index (χ1n) is 8.25. The van der Waals surface area contributed by atoms with Gasteiger partial charge in [0.05, 0.1) is 11.8 Å². The lowest BCUT2D eigenvalue weighted by Crippen LogP contribution is -2.25. The molecule has 0 atom stereocenters. The fourth-order valence-corrected chi connectivity index (χ4v) is 2.98. The minimum atomic E-state index is -0.277. The molecule has 2 heterocycles. The van der Waals surface area contributed by atoms with Crippen molar-refractivity contribution < 1.29 is 9.84 Å². The molecule has 0 unspecified atom stereocenters. The predicted molar refractivity (Wildman–Crippen MR) is 87.3 cm³/mol. The molecule has 1 saturated heterocycles. The van der Waals surface area contributed by atoms with E-state index in [4.69, 9.17) is 4.74 Å². The summed E-state index contributed by atoms with van der Waals surface area (Å²) in [7, 11) is 0. The molecule has 1 N–H and O–H groups in total. The molecule has 0 amide bonds. The molecule has 22 heavy (non-hydrogen) atoms. The third-order valence-electron chi connectivity index (χ3n) is 4.15. The SMILES string of the molecule is Cc1cc(=O)c(O)c(CN2CCCC2)n1CCCOC(C)C. The summed E-state index contributed by atoms with van der Waals surface area (Å²) >= 11 is 0. The van der Waals surface area contributed by atoms with E-state index in [0.29, 0.717) is 13.2 Å². The van der Waals surface area contributed by atoms with Crippen LogP contribution in [0.3, 0.4) is 0 Å². The van der Waals surface area contributed by atoms with Gasteiger partial charge in [-0.05, 0) is 53.1 Å². The standard InChI is InChI=1S/C17H28N2O3/c1-13(2)22-10-6-9-19-14(3)11-16(20)17(21)15(19)12-18-7-4-5-8-18/h11,13,21H,4-10,12H2,1-3H3. The molecule has 1 fully saturated rings. The van der Waals surface area contributed by atoms with Crippen molar-refractivity contribution in [1.29, 1.82) is 0 Å². The van der Waals surface area contributed by atoms with E-state index in [0.717, 1.165) is 37.4 Å². The van der Waals surface area contributed by atoms with Gasteiger partial charge < -0.3 is 14.4 Å². The van der Waals surface area contributed by atoms with Gasteiger partial charge in [0.25, 0.3) is 0 Å². The van der Waals surface area contributed by atoms with Gasteiger partial charge in [-0.1, -0.05) is 0 Å². The Bertz CT molecular complexity index is 546. The fraction of sp³-hybridized carbons (Fsp3) is 0.706. The van der Waals surface area contributed by atoms with Crippen molar-refractivity contribution >= 4 is 0 Å². The minimum Gasteiger partial charge on any atom is -0.503 e. The quantitative estimate of drug-likeness (QED) is 0.785. The van der Waals surface area contributed by atoms with Gasteiger partial charge in [0.15, 0.2) is 5.75 Å².